The van der Waals surface area contributed by atoms with Crippen LogP contribution in [0.5, 0.6) is 0 Å². The van der Waals surface area contributed by atoms with E-state index in [4.69, 9.17) is 11.6 Å². The van der Waals surface area contributed by atoms with Crippen molar-refractivity contribution in [3.63, 3.8) is 0 Å². The fraction of sp³-hybridized carbons (Fsp3) is 0.458. The third-order valence-electron chi connectivity index (χ3n) is 6.50. The molecular weight excluding hydrogens is 446 g/mol. The molecule has 172 valence electrons. The zero-order chi connectivity index (χ0) is 22.9. The van der Waals surface area contributed by atoms with Crippen molar-refractivity contribution in [2.75, 3.05) is 44.2 Å². The zero-order valence-corrected chi connectivity index (χ0v) is 20.2. The maximum Gasteiger partial charge on any atom is 0.243 e. The number of rotatable bonds is 4. The molecule has 2 saturated heterocycles. The molecular formula is C24H30ClN3O3S. The van der Waals surface area contributed by atoms with Crippen LogP contribution in [0.15, 0.2) is 47.4 Å². The van der Waals surface area contributed by atoms with Gasteiger partial charge in [-0.2, -0.15) is 4.31 Å². The number of piperazine rings is 1. The van der Waals surface area contributed by atoms with Gasteiger partial charge in [0.1, 0.15) is 0 Å². The number of hydrogen-bond acceptors (Lipinski definition) is 4. The topological polar surface area (TPSA) is 60.9 Å². The molecule has 2 aromatic rings. The lowest BCUT2D eigenvalue weighted by atomic mass is 9.97. The minimum atomic E-state index is -3.59. The molecule has 0 aliphatic carbocycles. The van der Waals surface area contributed by atoms with Gasteiger partial charge in [-0.15, -0.1) is 0 Å². The Morgan fingerprint density at radius 1 is 0.969 bits per heavy atom. The second-order valence-electron chi connectivity index (χ2n) is 8.76. The lowest BCUT2D eigenvalue weighted by molar-refractivity contribution is -0.137. The van der Waals surface area contributed by atoms with Crippen molar-refractivity contribution >= 4 is 33.2 Å². The van der Waals surface area contributed by atoms with Crippen molar-refractivity contribution in [1.82, 2.24) is 9.21 Å². The Kier molecular flexibility index (Phi) is 6.79. The number of anilines is 1. The highest BCUT2D eigenvalue weighted by molar-refractivity contribution is 7.89. The fourth-order valence-electron chi connectivity index (χ4n) is 4.57. The van der Waals surface area contributed by atoms with E-state index in [9.17, 15) is 13.2 Å². The maximum absolute atomic E-state index is 13.2. The predicted molar refractivity (Wildman–Crippen MR) is 128 cm³/mol. The third kappa shape index (κ3) is 4.80. The summed E-state index contributed by atoms with van der Waals surface area (Å²) in [4.78, 5) is 17.7. The minimum absolute atomic E-state index is 0.0660. The number of aryl methyl sites for hydroxylation is 2. The van der Waals surface area contributed by atoms with Crippen LogP contribution in [-0.4, -0.2) is 62.8 Å². The first-order valence-corrected chi connectivity index (χ1v) is 12.9. The summed E-state index contributed by atoms with van der Waals surface area (Å²) in [6.45, 7) is 7.45. The smallest absolute Gasteiger partial charge is 0.243 e. The summed E-state index contributed by atoms with van der Waals surface area (Å²) in [6, 6.07) is 12.8. The predicted octanol–water partition coefficient (Wildman–Crippen LogP) is 3.71. The van der Waals surface area contributed by atoms with Crippen molar-refractivity contribution in [1.29, 1.82) is 0 Å². The van der Waals surface area contributed by atoms with Crippen molar-refractivity contribution in [3.8, 4) is 0 Å². The highest BCUT2D eigenvalue weighted by atomic mass is 35.5. The third-order valence-corrected chi connectivity index (χ3v) is 8.61. The van der Waals surface area contributed by atoms with Gasteiger partial charge in [0.25, 0.3) is 0 Å². The summed E-state index contributed by atoms with van der Waals surface area (Å²) >= 11 is 6.17. The first-order valence-electron chi connectivity index (χ1n) is 11.1. The van der Waals surface area contributed by atoms with E-state index in [1.807, 2.05) is 30.0 Å². The molecule has 2 aromatic carbocycles. The standard InChI is InChI=1S/C24H30ClN3O3S/c1-18-5-9-22(10-6-18)32(30,31)28-11-3-4-20(17-28)24(29)27-14-12-26(13-15-27)23-16-21(25)8-7-19(23)2/h5-10,16,20H,3-4,11-15,17H2,1-2H3/t20-/m1/s1. The summed E-state index contributed by atoms with van der Waals surface area (Å²) in [7, 11) is -3.59. The number of nitrogens with zero attached hydrogens (tertiary/aromatic N) is 3. The first kappa shape index (κ1) is 23.1. The van der Waals surface area contributed by atoms with Crippen molar-refractivity contribution in [3.05, 3.63) is 58.6 Å². The second kappa shape index (κ2) is 9.41. The molecule has 0 unspecified atom stereocenters. The molecule has 2 fully saturated rings. The summed E-state index contributed by atoms with van der Waals surface area (Å²) in [5.41, 5.74) is 3.29. The van der Waals surface area contributed by atoms with Crippen LogP contribution in [0.3, 0.4) is 0 Å². The molecule has 0 spiro atoms. The number of sulfonamides is 1. The van der Waals surface area contributed by atoms with Crippen LogP contribution in [-0.2, 0) is 14.8 Å². The van der Waals surface area contributed by atoms with Crippen LogP contribution in [0.2, 0.25) is 5.02 Å². The Labute approximate surface area is 195 Å². The number of carbonyl (C=O) groups excluding carboxylic acids is 1. The maximum atomic E-state index is 13.2. The van der Waals surface area contributed by atoms with Gasteiger partial charge in [-0.25, -0.2) is 8.42 Å². The molecule has 4 rings (SSSR count). The van der Waals surface area contributed by atoms with Crippen LogP contribution in [0.25, 0.3) is 0 Å². The Hall–Kier alpha value is -2.09. The van der Waals surface area contributed by atoms with Gasteiger partial charge in [0.15, 0.2) is 0 Å². The Balaban J connectivity index is 1.39. The molecule has 32 heavy (non-hydrogen) atoms. The van der Waals surface area contributed by atoms with Crippen molar-refractivity contribution in [2.24, 2.45) is 5.92 Å². The Morgan fingerprint density at radius 3 is 2.34 bits per heavy atom. The van der Waals surface area contributed by atoms with Gasteiger partial charge in [0, 0.05) is 50.0 Å². The van der Waals surface area contributed by atoms with Gasteiger partial charge < -0.3 is 9.80 Å². The molecule has 0 aromatic heterocycles. The molecule has 0 N–H and O–H groups in total. The normalized spacial score (nSPS) is 20.4. The molecule has 1 atom stereocenters. The van der Waals surface area contributed by atoms with Gasteiger partial charge >= 0.3 is 0 Å². The van der Waals surface area contributed by atoms with E-state index in [0.29, 0.717) is 36.0 Å². The van der Waals surface area contributed by atoms with Gasteiger partial charge in [0.2, 0.25) is 15.9 Å². The largest absolute Gasteiger partial charge is 0.368 e. The summed E-state index contributed by atoms with van der Waals surface area (Å²) in [6.07, 6.45) is 1.43. The van der Waals surface area contributed by atoms with Gasteiger partial charge in [0.05, 0.1) is 10.8 Å². The number of carbonyl (C=O) groups is 1. The van der Waals surface area contributed by atoms with E-state index in [1.165, 1.54) is 9.87 Å². The molecule has 0 bridgehead atoms. The molecule has 0 saturated carbocycles. The van der Waals surface area contributed by atoms with Crippen molar-refractivity contribution in [2.45, 2.75) is 31.6 Å². The van der Waals surface area contributed by atoms with Crippen LogP contribution in [0, 0.1) is 19.8 Å². The molecule has 8 heteroatoms. The minimum Gasteiger partial charge on any atom is -0.368 e. The van der Waals surface area contributed by atoms with Gasteiger partial charge in [-0.05, 0) is 56.5 Å². The number of benzene rings is 2. The molecule has 2 heterocycles. The van der Waals surface area contributed by atoms with Crippen LogP contribution in [0.1, 0.15) is 24.0 Å². The SMILES string of the molecule is Cc1ccc(S(=O)(=O)N2CCC[C@@H](C(=O)N3CCN(c4cc(Cl)ccc4C)CC3)C2)cc1. The summed E-state index contributed by atoms with van der Waals surface area (Å²) in [5, 5.41) is 0.709. The lowest BCUT2D eigenvalue weighted by Crippen LogP contribution is -2.53. The quantitative estimate of drug-likeness (QED) is 0.676. The Bertz CT molecular complexity index is 1080. The zero-order valence-electron chi connectivity index (χ0n) is 18.6. The molecule has 6 nitrogen and oxygen atoms in total. The molecule has 1 amide bonds. The van der Waals surface area contributed by atoms with E-state index in [2.05, 4.69) is 11.8 Å². The van der Waals surface area contributed by atoms with E-state index >= 15 is 0 Å². The number of amides is 1. The van der Waals surface area contributed by atoms with Crippen LogP contribution in [0.4, 0.5) is 5.69 Å². The van der Waals surface area contributed by atoms with E-state index in [0.717, 1.165) is 30.8 Å². The second-order valence-corrected chi connectivity index (χ2v) is 11.1. The van der Waals surface area contributed by atoms with Crippen molar-refractivity contribution < 1.29 is 13.2 Å². The van der Waals surface area contributed by atoms with Gasteiger partial charge in [-0.3, -0.25) is 4.79 Å². The lowest BCUT2D eigenvalue weighted by Gasteiger charge is -2.40. The number of hydrogen-bond donors (Lipinski definition) is 0. The first-order chi connectivity index (χ1) is 15.3. The Morgan fingerprint density at radius 2 is 1.66 bits per heavy atom. The summed E-state index contributed by atoms with van der Waals surface area (Å²) in [5.74, 6) is -0.222. The molecule has 2 aliphatic rings. The number of piperidine rings is 1. The van der Waals surface area contributed by atoms with Crippen LogP contribution >= 0.6 is 11.6 Å². The monoisotopic (exact) mass is 475 g/mol. The average Bonchev–Trinajstić information content (AvgIpc) is 2.81. The van der Waals surface area contributed by atoms with E-state index in [1.54, 1.807) is 24.3 Å². The highest BCUT2D eigenvalue weighted by Gasteiger charge is 2.36. The average molecular weight is 476 g/mol. The molecule has 2 aliphatic heterocycles. The summed E-state index contributed by atoms with van der Waals surface area (Å²) < 4.78 is 27.7. The molecule has 0 radical (unpaired) electrons. The van der Waals surface area contributed by atoms with Crippen LogP contribution < -0.4 is 4.90 Å². The van der Waals surface area contributed by atoms with Gasteiger partial charge in [-0.1, -0.05) is 35.4 Å². The highest BCUT2D eigenvalue weighted by Crippen LogP contribution is 2.28. The number of halogens is 1. The van der Waals surface area contributed by atoms with E-state index in [-0.39, 0.29) is 18.4 Å². The van der Waals surface area contributed by atoms with E-state index < -0.39 is 10.0 Å². The fourth-order valence-corrected chi connectivity index (χ4v) is 6.26.